The highest BCUT2D eigenvalue weighted by Gasteiger charge is 2.34. The highest BCUT2D eigenvalue weighted by Crippen LogP contribution is 2.34. The number of rotatable bonds is 3. The summed E-state index contributed by atoms with van der Waals surface area (Å²) in [6.45, 7) is 6.85. The highest BCUT2D eigenvalue weighted by molar-refractivity contribution is 7.92. The van der Waals surface area contributed by atoms with Crippen LogP contribution >= 0.6 is 0 Å². The molecule has 0 aliphatic heterocycles. The Morgan fingerprint density at radius 3 is 2.42 bits per heavy atom. The number of aromatic nitrogens is 3. The minimum atomic E-state index is -3.61. The van der Waals surface area contributed by atoms with Crippen LogP contribution in [0.25, 0.3) is 16.9 Å². The maximum Gasteiger partial charge on any atom is 0.188 e. The lowest BCUT2D eigenvalue weighted by Gasteiger charge is -2.21. The number of sulfone groups is 1. The van der Waals surface area contributed by atoms with Crippen LogP contribution in [-0.2, 0) is 9.84 Å². The van der Waals surface area contributed by atoms with Crippen molar-refractivity contribution in [3.63, 3.8) is 0 Å². The van der Waals surface area contributed by atoms with Gasteiger partial charge in [0.1, 0.15) is 22.1 Å². The topological polar surface area (TPSA) is 99.6 Å². The molecule has 3 rings (SSSR count). The van der Waals surface area contributed by atoms with Crippen LogP contribution in [0.3, 0.4) is 0 Å². The number of nitrogens with zero attached hydrogens (tertiary/aromatic N) is 3. The molecule has 0 amide bonds. The second-order valence-corrected chi connectivity index (χ2v) is 9.79. The van der Waals surface area contributed by atoms with E-state index in [1.54, 1.807) is 49.8 Å². The normalized spacial score (nSPS) is 12.5. The Balaban J connectivity index is 2.30. The van der Waals surface area contributed by atoms with E-state index in [-0.39, 0.29) is 10.6 Å². The smallest absolute Gasteiger partial charge is 0.188 e. The summed E-state index contributed by atoms with van der Waals surface area (Å²) in [5, 5.41) is 0. The number of imidazole rings is 1. The number of nitrogen functional groups attached to an aromatic ring is 1. The highest BCUT2D eigenvalue weighted by atomic mass is 32.2. The van der Waals surface area contributed by atoms with Crippen molar-refractivity contribution in [3.8, 4) is 17.0 Å². The zero-order chi connectivity index (χ0) is 19.3. The van der Waals surface area contributed by atoms with Gasteiger partial charge in [-0.2, -0.15) is 0 Å². The molecule has 0 spiro atoms. The summed E-state index contributed by atoms with van der Waals surface area (Å²) in [5.74, 6) is 0.733. The van der Waals surface area contributed by atoms with E-state index in [1.165, 1.54) is 7.11 Å². The lowest BCUT2D eigenvalue weighted by atomic mass is 10.1. The zero-order valence-electron chi connectivity index (χ0n) is 15.4. The van der Waals surface area contributed by atoms with Crippen molar-refractivity contribution in [1.29, 1.82) is 0 Å². The van der Waals surface area contributed by atoms with Gasteiger partial charge in [-0.25, -0.2) is 18.4 Å². The molecule has 0 unspecified atom stereocenters. The van der Waals surface area contributed by atoms with Crippen LogP contribution in [0.2, 0.25) is 0 Å². The molecule has 2 N–H and O–H groups in total. The Labute approximate surface area is 152 Å². The molecule has 26 heavy (non-hydrogen) atoms. The van der Waals surface area contributed by atoms with Gasteiger partial charge in [0.25, 0.3) is 0 Å². The molecule has 0 aliphatic rings. The van der Waals surface area contributed by atoms with Crippen molar-refractivity contribution < 1.29 is 13.2 Å². The van der Waals surface area contributed by atoms with Crippen molar-refractivity contribution in [2.24, 2.45) is 0 Å². The Hall–Kier alpha value is -2.61. The third-order valence-corrected chi connectivity index (χ3v) is 6.80. The molecular formula is C18H22N4O3S. The van der Waals surface area contributed by atoms with Crippen molar-refractivity contribution >= 4 is 21.3 Å². The van der Waals surface area contributed by atoms with Crippen molar-refractivity contribution in [2.75, 3.05) is 12.8 Å². The van der Waals surface area contributed by atoms with Crippen LogP contribution in [0.4, 0.5) is 5.82 Å². The molecular weight excluding hydrogens is 352 g/mol. The van der Waals surface area contributed by atoms with Gasteiger partial charge in [0, 0.05) is 24.0 Å². The molecule has 8 heteroatoms. The molecule has 3 heterocycles. The number of aryl methyl sites for hydroxylation is 1. The lowest BCUT2D eigenvalue weighted by molar-refractivity contribution is 0.401. The van der Waals surface area contributed by atoms with E-state index < -0.39 is 14.6 Å². The number of fused-ring (bicyclic) bond motifs is 1. The number of pyridine rings is 2. The van der Waals surface area contributed by atoms with E-state index in [2.05, 4.69) is 9.97 Å². The van der Waals surface area contributed by atoms with Crippen molar-refractivity contribution in [3.05, 3.63) is 36.3 Å². The molecule has 138 valence electrons. The number of nitrogens with two attached hydrogens (primary N) is 1. The van der Waals surface area contributed by atoms with Gasteiger partial charge in [0.05, 0.1) is 23.7 Å². The molecule has 0 saturated heterocycles. The minimum absolute atomic E-state index is 0.124. The maximum absolute atomic E-state index is 13.0. The van der Waals surface area contributed by atoms with E-state index in [0.29, 0.717) is 11.5 Å². The molecule has 0 aliphatic carbocycles. The molecule has 0 aromatic carbocycles. The number of ether oxygens (including phenoxy) is 1. The van der Waals surface area contributed by atoms with Crippen LogP contribution in [0.1, 0.15) is 26.3 Å². The van der Waals surface area contributed by atoms with Crippen LogP contribution in [0.5, 0.6) is 5.75 Å². The van der Waals surface area contributed by atoms with E-state index in [1.807, 2.05) is 13.0 Å². The number of hydrogen-bond acceptors (Lipinski definition) is 6. The summed E-state index contributed by atoms with van der Waals surface area (Å²) in [6, 6.07) is 3.52. The average molecular weight is 374 g/mol. The summed E-state index contributed by atoms with van der Waals surface area (Å²) < 4.78 is 32.1. The fourth-order valence-corrected chi connectivity index (χ4v) is 3.93. The Kier molecular flexibility index (Phi) is 4.18. The second-order valence-electron chi connectivity index (χ2n) is 7.12. The van der Waals surface area contributed by atoms with E-state index >= 15 is 0 Å². The predicted octanol–water partition coefficient (Wildman–Crippen LogP) is 2.87. The van der Waals surface area contributed by atoms with E-state index in [9.17, 15) is 8.42 Å². The first-order chi connectivity index (χ1) is 12.1. The molecule has 0 fully saturated rings. The lowest BCUT2D eigenvalue weighted by Crippen LogP contribution is -2.28. The Morgan fingerprint density at radius 1 is 1.15 bits per heavy atom. The van der Waals surface area contributed by atoms with Crippen LogP contribution < -0.4 is 10.5 Å². The number of hydrogen-bond donors (Lipinski definition) is 1. The van der Waals surface area contributed by atoms with Gasteiger partial charge in [0.15, 0.2) is 9.84 Å². The van der Waals surface area contributed by atoms with Crippen LogP contribution in [0.15, 0.2) is 35.6 Å². The Morgan fingerprint density at radius 2 is 1.85 bits per heavy atom. The monoisotopic (exact) mass is 374 g/mol. The third-order valence-electron chi connectivity index (χ3n) is 4.30. The van der Waals surface area contributed by atoms with E-state index in [0.717, 1.165) is 16.8 Å². The molecule has 3 aromatic rings. The summed E-state index contributed by atoms with van der Waals surface area (Å²) in [7, 11) is -2.16. The molecule has 0 atom stereocenters. The average Bonchev–Trinajstić information content (AvgIpc) is 2.98. The molecule has 3 aromatic heterocycles. The standard InChI is InChI=1S/C18H22N4O3S/c1-11-6-12(8-21-17(11)19)13-9-20-16-7-14(25-5)15(10-22(13)16)26(23,24)18(2,3)4/h6-10H,1-5H3,(H2,19,21). The largest absolute Gasteiger partial charge is 0.495 e. The summed E-state index contributed by atoms with van der Waals surface area (Å²) in [5.41, 5.74) is 8.74. The molecule has 0 radical (unpaired) electrons. The summed E-state index contributed by atoms with van der Waals surface area (Å²) in [4.78, 5) is 8.67. The fourth-order valence-electron chi connectivity index (χ4n) is 2.62. The third kappa shape index (κ3) is 2.80. The van der Waals surface area contributed by atoms with Gasteiger partial charge >= 0.3 is 0 Å². The predicted molar refractivity (Wildman–Crippen MR) is 101 cm³/mol. The molecule has 0 saturated carbocycles. The van der Waals surface area contributed by atoms with Gasteiger partial charge in [-0.15, -0.1) is 0 Å². The van der Waals surface area contributed by atoms with Gasteiger partial charge in [0.2, 0.25) is 0 Å². The van der Waals surface area contributed by atoms with E-state index in [4.69, 9.17) is 10.5 Å². The quantitative estimate of drug-likeness (QED) is 0.757. The zero-order valence-corrected chi connectivity index (χ0v) is 16.3. The number of anilines is 1. The first kappa shape index (κ1) is 18.2. The maximum atomic E-state index is 13.0. The SMILES string of the molecule is COc1cc2ncc(-c3cnc(N)c(C)c3)n2cc1S(=O)(=O)C(C)(C)C. The summed E-state index contributed by atoms with van der Waals surface area (Å²) >= 11 is 0. The first-order valence-corrected chi connectivity index (χ1v) is 9.57. The second kappa shape index (κ2) is 5.98. The Bertz CT molecular complexity index is 1100. The van der Waals surface area contributed by atoms with Gasteiger partial charge in [-0.05, 0) is 39.3 Å². The van der Waals surface area contributed by atoms with Gasteiger partial charge in [-0.3, -0.25) is 4.40 Å². The van der Waals surface area contributed by atoms with Crippen molar-refractivity contribution in [2.45, 2.75) is 37.3 Å². The fraction of sp³-hybridized carbons (Fsp3) is 0.333. The van der Waals surface area contributed by atoms with Gasteiger partial charge < -0.3 is 10.5 Å². The van der Waals surface area contributed by atoms with Gasteiger partial charge in [-0.1, -0.05) is 0 Å². The minimum Gasteiger partial charge on any atom is -0.495 e. The van der Waals surface area contributed by atoms with Crippen LogP contribution in [0, 0.1) is 6.92 Å². The molecule has 7 nitrogen and oxygen atoms in total. The van der Waals surface area contributed by atoms with Crippen molar-refractivity contribution in [1.82, 2.24) is 14.4 Å². The number of methoxy groups -OCH3 is 1. The first-order valence-electron chi connectivity index (χ1n) is 8.08. The van der Waals surface area contributed by atoms with Crippen LogP contribution in [-0.4, -0.2) is 34.6 Å². The summed E-state index contributed by atoms with van der Waals surface area (Å²) in [6.07, 6.45) is 4.88. The molecule has 0 bridgehead atoms.